The average Bonchev–Trinajstić information content (AvgIpc) is 2.74. The van der Waals surface area contributed by atoms with Crippen LogP contribution in [0.25, 0.3) is 0 Å². The molecule has 0 aliphatic rings. The van der Waals surface area contributed by atoms with Crippen LogP contribution in [0.2, 0.25) is 0 Å². The predicted molar refractivity (Wildman–Crippen MR) is 86.2 cm³/mol. The van der Waals surface area contributed by atoms with E-state index in [1.807, 2.05) is 13.8 Å². The van der Waals surface area contributed by atoms with Gasteiger partial charge >= 0.3 is 0 Å². The average molecular weight is 287 g/mol. The molecule has 0 bridgehead atoms. The fourth-order valence-electron chi connectivity index (χ4n) is 3.02. The molecule has 1 atom stereocenters. The molecule has 0 radical (unpaired) electrons. The molecule has 1 aromatic heterocycles. The van der Waals surface area contributed by atoms with Gasteiger partial charge in [-0.1, -0.05) is 19.1 Å². The number of rotatable bonds is 5. The molecule has 2 rings (SSSR count). The smallest absolute Gasteiger partial charge is 0.124 e. The monoisotopic (exact) mass is 287 g/mol. The third-order valence-corrected chi connectivity index (χ3v) is 3.82. The van der Waals surface area contributed by atoms with Crippen molar-refractivity contribution in [3.63, 3.8) is 0 Å². The van der Waals surface area contributed by atoms with Crippen LogP contribution in [0, 0.1) is 27.7 Å². The van der Waals surface area contributed by atoms with Crippen molar-refractivity contribution in [1.82, 2.24) is 5.32 Å². The molecule has 3 heteroatoms. The number of ether oxygens (including phenoxy) is 1. The first-order valence-corrected chi connectivity index (χ1v) is 7.43. The standard InChI is InChI=1S/C18H25NO2/c1-7-19-17(16-10-13(4)21-14(16)5)15-8-11(2)18(20-6)12(3)9-15/h8-10,17,19H,7H2,1-6H3. The lowest BCUT2D eigenvalue weighted by atomic mass is 9.95. The lowest BCUT2D eigenvalue weighted by Crippen LogP contribution is -2.22. The normalized spacial score (nSPS) is 12.5. The highest BCUT2D eigenvalue weighted by molar-refractivity contribution is 5.46. The first-order valence-electron chi connectivity index (χ1n) is 7.43. The molecular weight excluding hydrogens is 262 g/mol. The van der Waals surface area contributed by atoms with E-state index in [0.717, 1.165) is 34.9 Å². The molecule has 1 unspecified atom stereocenters. The van der Waals surface area contributed by atoms with Gasteiger partial charge in [0.2, 0.25) is 0 Å². The van der Waals surface area contributed by atoms with Crippen LogP contribution < -0.4 is 10.1 Å². The quantitative estimate of drug-likeness (QED) is 0.894. The number of methoxy groups -OCH3 is 1. The van der Waals surface area contributed by atoms with Gasteiger partial charge < -0.3 is 14.5 Å². The van der Waals surface area contributed by atoms with Crippen LogP contribution in [-0.2, 0) is 0 Å². The van der Waals surface area contributed by atoms with Crippen LogP contribution in [-0.4, -0.2) is 13.7 Å². The van der Waals surface area contributed by atoms with E-state index in [1.54, 1.807) is 7.11 Å². The second-order valence-electron chi connectivity index (χ2n) is 5.55. The van der Waals surface area contributed by atoms with Gasteiger partial charge in [-0.05, 0) is 57.0 Å². The van der Waals surface area contributed by atoms with Crippen molar-refractivity contribution >= 4 is 0 Å². The summed E-state index contributed by atoms with van der Waals surface area (Å²) in [5, 5.41) is 3.56. The van der Waals surface area contributed by atoms with Crippen LogP contribution in [0.3, 0.4) is 0 Å². The van der Waals surface area contributed by atoms with Crippen LogP contribution >= 0.6 is 0 Å². The molecule has 1 N–H and O–H groups in total. The molecule has 2 aromatic rings. The zero-order valence-electron chi connectivity index (χ0n) is 13.8. The molecular formula is C18H25NO2. The van der Waals surface area contributed by atoms with E-state index in [4.69, 9.17) is 9.15 Å². The molecule has 0 spiro atoms. The number of aryl methyl sites for hydroxylation is 4. The van der Waals surface area contributed by atoms with Gasteiger partial charge in [-0.15, -0.1) is 0 Å². The summed E-state index contributed by atoms with van der Waals surface area (Å²) in [7, 11) is 1.72. The van der Waals surface area contributed by atoms with Crippen molar-refractivity contribution in [3.8, 4) is 5.75 Å². The van der Waals surface area contributed by atoms with E-state index in [0.29, 0.717) is 0 Å². The summed E-state index contributed by atoms with van der Waals surface area (Å²) < 4.78 is 11.2. The Bertz CT molecular complexity index is 605. The highest BCUT2D eigenvalue weighted by atomic mass is 16.5. The predicted octanol–water partition coefficient (Wildman–Crippen LogP) is 4.22. The molecule has 21 heavy (non-hydrogen) atoms. The Balaban J connectivity index is 2.51. The molecule has 1 heterocycles. The van der Waals surface area contributed by atoms with Crippen molar-refractivity contribution < 1.29 is 9.15 Å². The van der Waals surface area contributed by atoms with Gasteiger partial charge in [0.25, 0.3) is 0 Å². The maximum Gasteiger partial charge on any atom is 0.124 e. The summed E-state index contributed by atoms with van der Waals surface area (Å²) in [6, 6.07) is 6.66. The zero-order valence-corrected chi connectivity index (χ0v) is 13.8. The Kier molecular flexibility index (Phi) is 4.73. The molecule has 3 nitrogen and oxygen atoms in total. The van der Waals surface area contributed by atoms with Crippen molar-refractivity contribution in [3.05, 3.63) is 52.0 Å². The lowest BCUT2D eigenvalue weighted by molar-refractivity contribution is 0.408. The van der Waals surface area contributed by atoms with Gasteiger partial charge in [0.15, 0.2) is 0 Å². The van der Waals surface area contributed by atoms with E-state index < -0.39 is 0 Å². The van der Waals surface area contributed by atoms with E-state index in [1.165, 1.54) is 11.1 Å². The largest absolute Gasteiger partial charge is 0.496 e. The fourth-order valence-corrected chi connectivity index (χ4v) is 3.02. The highest BCUT2D eigenvalue weighted by Crippen LogP contribution is 2.32. The van der Waals surface area contributed by atoms with E-state index in [-0.39, 0.29) is 6.04 Å². The summed E-state index contributed by atoms with van der Waals surface area (Å²) in [6.45, 7) is 11.2. The van der Waals surface area contributed by atoms with Crippen molar-refractivity contribution in [2.24, 2.45) is 0 Å². The minimum Gasteiger partial charge on any atom is -0.496 e. The Morgan fingerprint density at radius 1 is 1.10 bits per heavy atom. The molecule has 0 amide bonds. The number of benzene rings is 1. The molecule has 114 valence electrons. The SMILES string of the molecule is CCNC(c1cc(C)c(OC)c(C)c1)c1cc(C)oc1C. The highest BCUT2D eigenvalue weighted by Gasteiger charge is 2.20. The summed E-state index contributed by atoms with van der Waals surface area (Å²) in [6.07, 6.45) is 0. The first kappa shape index (κ1) is 15.6. The minimum atomic E-state index is 0.149. The molecule has 0 aliphatic heterocycles. The van der Waals surface area contributed by atoms with E-state index in [9.17, 15) is 0 Å². The van der Waals surface area contributed by atoms with Crippen LogP contribution in [0.5, 0.6) is 5.75 Å². The fraction of sp³-hybridized carbons (Fsp3) is 0.444. The maximum atomic E-state index is 5.70. The molecule has 1 aromatic carbocycles. The van der Waals surface area contributed by atoms with Gasteiger partial charge in [-0.25, -0.2) is 0 Å². The Labute approximate surface area is 127 Å². The lowest BCUT2D eigenvalue weighted by Gasteiger charge is -2.20. The van der Waals surface area contributed by atoms with Gasteiger partial charge in [-0.3, -0.25) is 0 Å². The zero-order chi connectivity index (χ0) is 15.6. The van der Waals surface area contributed by atoms with Gasteiger partial charge in [0.1, 0.15) is 17.3 Å². The molecule has 0 fully saturated rings. The Hall–Kier alpha value is -1.74. The van der Waals surface area contributed by atoms with Gasteiger partial charge in [0, 0.05) is 5.56 Å². The number of hydrogen-bond acceptors (Lipinski definition) is 3. The number of furan rings is 1. The van der Waals surface area contributed by atoms with E-state index in [2.05, 4.69) is 44.3 Å². The third-order valence-electron chi connectivity index (χ3n) is 3.82. The molecule has 0 saturated carbocycles. The second kappa shape index (κ2) is 6.35. The van der Waals surface area contributed by atoms with Crippen LogP contribution in [0.4, 0.5) is 0 Å². The summed E-state index contributed by atoms with van der Waals surface area (Å²) >= 11 is 0. The van der Waals surface area contributed by atoms with E-state index >= 15 is 0 Å². The number of nitrogens with one attached hydrogen (secondary N) is 1. The van der Waals surface area contributed by atoms with Crippen LogP contribution in [0.1, 0.15) is 46.7 Å². The van der Waals surface area contributed by atoms with Gasteiger partial charge in [-0.2, -0.15) is 0 Å². The van der Waals surface area contributed by atoms with Crippen LogP contribution in [0.15, 0.2) is 22.6 Å². The Morgan fingerprint density at radius 3 is 2.14 bits per heavy atom. The minimum absolute atomic E-state index is 0.149. The second-order valence-corrected chi connectivity index (χ2v) is 5.55. The third kappa shape index (κ3) is 3.13. The Morgan fingerprint density at radius 2 is 1.71 bits per heavy atom. The number of hydrogen-bond donors (Lipinski definition) is 1. The molecule has 0 aliphatic carbocycles. The van der Waals surface area contributed by atoms with Gasteiger partial charge in [0.05, 0.1) is 13.2 Å². The maximum absolute atomic E-state index is 5.70. The van der Waals surface area contributed by atoms with Crippen molar-refractivity contribution in [1.29, 1.82) is 0 Å². The topological polar surface area (TPSA) is 34.4 Å². The summed E-state index contributed by atoms with van der Waals surface area (Å²) in [4.78, 5) is 0. The summed E-state index contributed by atoms with van der Waals surface area (Å²) in [5.74, 6) is 2.89. The molecule has 0 saturated heterocycles. The van der Waals surface area contributed by atoms with Crippen molar-refractivity contribution in [2.45, 2.75) is 40.7 Å². The van der Waals surface area contributed by atoms with Crippen molar-refractivity contribution in [2.75, 3.05) is 13.7 Å². The summed E-state index contributed by atoms with van der Waals surface area (Å²) in [5.41, 5.74) is 4.77. The first-order chi connectivity index (χ1) is 9.97.